The van der Waals surface area contributed by atoms with Gasteiger partial charge in [0.05, 0.1) is 0 Å². The minimum absolute atomic E-state index is 0.471. The van der Waals surface area contributed by atoms with E-state index >= 15 is 0 Å². The number of aromatic amines is 1. The minimum atomic E-state index is 0.471. The number of nitrogens with one attached hydrogen (secondary N) is 1. The molecule has 0 fully saturated rings. The van der Waals surface area contributed by atoms with E-state index in [0.29, 0.717) is 15.8 Å². The molecule has 1 nitrogen and oxygen atoms in total. The van der Waals surface area contributed by atoms with E-state index in [-0.39, 0.29) is 0 Å². The van der Waals surface area contributed by atoms with E-state index in [0.717, 1.165) is 0 Å². The summed E-state index contributed by atoms with van der Waals surface area (Å²) >= 11 is 0.471. The van der Waals surface area contributed by atoms with Crippen molar-refractivity contribution in [1.82, 2.24) is 4.98 Å². The molecule has 0 aliphatic rings. The van der Waals surface area contributed by atoms with Crippen molar-refractivity contribution in [2.24, 2.45) is 0 Å². The van der Waals surface area contributed by atoms with E-state index < -0.39 is 0 Å². The Morgan fingerprint density at radius 1 is 1.31 bits per heavy atom. The molecule has 0 aliphatic carbocycles. The summed E-state index contributed by atoms with van der Waals surface area (Å²) < 4.78 is 0. The maximum atomic E-state index is 3.43. The SMILES string of the molecule is C[As]Cc1c(C)[nH]c2ccccc12. The van der Waals surface area contributed by atoms with Gasteiger partial charge in [-0.15, -0.1) is 0 Å². The first-order valence-corrected chi connectivity index (χ1v) is 7.65. The quantitative estimate of drug-likeness (QED) is 0.769. The fraction of sp³-hybridized carbons (Fsp3) is 0.273. The first-order valence-electron chi connectivity index (χ1n) is 4.44. The van der Waals surface area contributed by atoms with Crippen LogP contribution in [0.1, 0.15) is 11.3 Å². The van der Waals surface area contributed by atoms with Crippen molar-refractivity contribution in [3.8, 4) is 0 Å². The summed E-state index contributed by atoms with van der Waals surface area (Å²) in [7, 11) is 0. The molecule has 0 spiro atoms. The molecule has 2 rings (SSSR count). The number of rotatable bonds is 2. The van der Waals surface area contributed by atoms with Gasteiger partial charge in [-0.25, -0.2) is 0 Å². The first kappa shape index (κ1) is 8.90. The van der Waals surface area contributed by atoms with Gasteiger partial charge in [-0.05, 0) is 0 Å². The van der Waals surface area contributed by atoms with Crippen LogP contribution in [0.15, 0.2) is 24.3 Å². The monoisotopic (exact) mass is 234 g/mol. The summed E-state index contributed by atoms with van der Waals surface area (Å²) in [5.74, 6) is 0. The van der Waals surface area contributed by atoms with Gasteiger partial charge in [0.1, 0.15) is 0 Å². The predicted octanol–water partition coefficient (Wildman–Crippen LogP) is 2.73. The fourth-order valence-corrected chi connectivity index (χ4v) is 3.22. The summed E-state index contributed by atoms with van der Waals surface area (Å²) in [6.07, 6.45) is 0. The number of H-pyrrole nitrogens is 1. The Morgan fingerprint density at radius 2 is 2.08 bits per heavy atom. The number of aryl methyl sites for hydroxylation is 1. The van der Waals surface area contributed by atoms with Crippen LogP contribution in [-0.2, 0) is 5.21 Å². The van der Waals surface area contributed by atoms with Gasteiger partial charge in [-0.1, -0.05) is 0 Å². The standard InChI is InChI=1S/C11H13AsN/c1-8-10(7-12-2)9-5-3-4-6-11(9)13-8/h3-6,13H,7H2,1-2H3. The zero-order valence-corrected chi connectivity index (χ0v) is 9.84. The third-order valence-electron chi connectivity index (χ3n) is 2.34. The molecule has 2 aromatic rings. The molecular weight excluding hydrogens is 221 g/mol. The van der Waals surface area contributed by atoms with Crippen LogP contribution < -0.4 is 0 Å². The van der Waals surface area contributed by atoms with Crippen LogP contribution >= 0.6 is 0 Å². The van der Waals surface area contributed by atoms with E-state index in [1.807, 2.05) is 0 Å². The van der Waals surface area contributed by atoms with Crippen molar-refractivity contribution in [2.75, 3.05) is 0 Å². The average molecular weight is 234 g/mol. The van der Waals surface area contributed by atoms with E-state index in [2.05, 4.69) is 41.9 Å². The van der Waals surface area contributed by atoms with Crippen molar-refractivity contribution >= 4 is 26.7 Å². The number of hydrogen-bond donors (Lipinski definition) is 1. The molecule has 1 aromatic heterocycles. The zero-order valence-electron chi connectivity index (χ0n) is 7.96. The van der Waals surface area contributed by atoms with Gasteiger partial charge >= 0.3 is 85.0 Å². The molecule has 0 aliphatic heterocycles. The molecule has 2 heteroatoms. The molecule has 67 valence electrons. The second-order valence-corrected chi connectivity index (χ2v) is 5.24. The van der Waals surface area contributed by atoms with Crippen LogP contribution in [0.4, 0.5) is 0 Å². The average Bonchev–Trinajstić information content (AvgIpc) is 2.44. The molecule has 1 heterocycles. The Labute approximate surface area is 85.2 Å². The summed E-state index contributed by atoms with van der Waals surface area (Å²) in [5, 5.41) is 2.68. The third kappa shape index (κ3) is 1.53. The number of fused-ring (bicyclic) bond motifs is 1. The van der Waals surface area contributed by atoms with Crippen LogP contribution in [0.3, 0.4) is 0 Å². The molecule has 0 bridgehead atoms. The Bertz CT molecular complexity index is 417. The van der Waals surface area contributed by atoms with Gasteiger partial charge < -0.3 is 0 Å². The molecule has 0 saturated carbocycles. The Kier molecular flexibility index (Phi) is 2.46. The van der Waals surface area contributed by atoms with E-state index in [9.17, 15) is 0 Å². The van der Waals surface area contributed by atoms with Crippen molar-refractivity contribution in [3.05, 3.63) is 35.5 Å². The van der Waals surface area contributed by atoms with E-state index in [4.69, 9.17) is 0 Å². The zero-order chi connectivity index (χ0) is 9.26. The van der Waals surface area contributed by atoms with Crippen LogP contribution in [0.2, 0.25) is 5.71 Å². The fourth-order valence-electron chi connectivity index (χ4n) is 1.70. The van der Waals surface area contributed by atoms with E-state index in [1.54, 1.807) is 0 Å². The molecular formula is C11H13AsN. The molecule has 1 aromatic carbocycles. The van der Waals surface area contributed by atoms with Crippen molar-refractivity contribution in [3.63, 3.8) is 0 Å². The summed E-state index contributed by atoms with van der Waals surface area (Å²) in [5.41, 5.74) is 6.47. The molecule has 1 radical (unpaired) electrons. The first-order chi connectivity index (χ1) is 6.33. The van der Waals surface area contributed by atoms with Crippen LogP contribution in [-0.4, -0.2) is 20.7 Å². The number of benzene rings is 1. The van der Waals surface area contributed by atoms with Gasteiger partial charge in [-0.2, -0.15) is 0 Å². The van der Waals surface area contributed by atoms with Crippen LogP contribution in [0.25, 0.3) is 10.9 Å². The second kappa shape index (κ2) is 3.59. The normalized spacial score (nSPS) is 11.8. The molecule has 13 heavy (non-hydrogen) atoms. The Morgan fingerprint density at radius 3 is 2.85 bits per heavy atom. The summed E-state index contributed by atoms with van der Waals surface area (Å²) in [4.78, 5) is 3.43. The molecule has 0 atom stereocenters. The molecule has 0 unspecified atom stereocenters. The van der Waals surface area contributed by atoms with Crippen molar-refractivity contribution in [1.29, 1.82) is 0 Å². The van der Waals surface area contributed by atoms with Gasteiger partial charge in [-0.3, -0.25) is 0 Å². The van der Waals surface area contributed by atoms with Gasteiger partial charge in [0.2, 0.25) is 0 Å². The molecule has 0 saturated heterocycles. The number of hydrogen-bond acceptors (Lipinski definition) is 0. The van der Waals surface area contributed by atoms with E-state index in [1.165, 1.54) is 27.4 Å². The van der Waals surface area contributed by atoms with Gasteiger partial charge in [0.15, 0.2) is 0 Å². The summed E-state index contributed by atoms with van der Waals surface area (Å²) in [6, 6.07) is 8.57. The van der Waals surface area contributed by atoms with Crippen LogP contribution in [0, 0.1) is 6.92 Å². The number of para-hydroxylation sites is 1. The maximum absolute atomic E-state index is 3.43. The van der Waals surface area contributed by atoms with Gasteiger partial charge in [0, 0.05) is 0 Å². The van der Waals surface area contributed by atoms with Crippen molar-refractivity contribution < 1.29 is 0 Å². The third-order valence-corrected chi connectivity index (χ3v) is 3.67. The predicted molar refractivity (Wildman–Crippen MR) is 58.4 cm³/mol. The van der Waals surface area contributed by atoms with Crippen molar-refractivity contribution in [2.45, 2.75) is 17.8 Å². The molecule has 1 N–H and O–H groups in total. The topological polar surface area (TPSA) is 15.8 Å². The van der Waals surface area contributed by atoms with Gasteiger partial charge in [0.25, 0.3) is 0 Å². The number of aromatic nitrogens is 1. The Hall–Kier alpha value is -0.682. The molecule has 0 amide bonds. The summed E-state index contributed by atoms with van der Waals surface area (Å²) in [6.45, 7) is 2.17. The Balaban J connectivity index is 2.64. The van der Waals surface area contributed by atoms with Crippen LogP contribution in [0.5, 0.6) is 0 Å². The second-order valence-electron chi connectivity index (χ2n) is 3.25.